The lowest BCUT2D eigenvalue weighted by Gasteiger charge is -2.33. The summed E-state index contributed by atoms with van der Waals surface area (Å²) >= 11 is 3.91. The fourth-order valence-electron chi connectivity index (χ4n) is 11.3. The highest BCUT2D eigenvalue weighted by Gasteiger charge is 2.53. The number of para-hydroxylation sites is 1. The third-order valence-corrected chi connectivity index (χ3v) is 16.4. The Morgan fingerprint density at radius 1 is 0.397 bits per heavy atom. The molecular weight excluding hydrogens is 799 g/mol. The van der Waals surface area contributed by atoms with Gasteiger partial charge in [0.1, 0.15) is 0 Å². The van der Waals surface area contributed by atoms with Gasteiger partial charge in [-0.05, 0) is 110 Å². The first kappa shape index (κ1) is 35.3. The summed E-state index contributed by atoms with van der Waals surface area (Å²) in [4.78, 5) is 2.57. The van der Waals surface area contributed by atoms with Crippen molar-refractivity contribution < 1.29 is 0 Å². The highest BCUT2D eigenvalue weighted by atomic mass is 32.1. The molecular formula is C60H37NS2. The zero-order chi connectivity index (χ0) is 41.4. The zero-order valence-electron chi connectivity index (χ0n) is 34.4. The number of benzene rings is 10. The maximum atomic E-state index is 2.62. The Balaban J connectivity index is 1.14. The molecule has 0 fully saturated rings. The molecule has 2 aliphatic carbocycles. The number of hydrogen-bond acceptors (Lipinski definition) is 3. The summed E-state index contributed by atoms with van der Waals surface area (Å²) in [6.07, 6.45) is 0. The molecule has 2 heterocycles. The Labute approximate surface area is 373 Å². The van der Waals surface area contributed by atoms with E-state index in [1.54, 1.807) is 0 Å². The second-order valence-electron chi connectivity index (χ2n) is 17.2. The molecule has 3 heteroatoms. The minimum atomic E-state index is -0.518. The summed E-state index contributed by atoms with van der Waals surface area (Å²) in [7, 11) is 0. The van der Waals surface area contributed by atoms with Crippen LogP contribution in [0.3, 0.4) is 0 Å². The zero-order valence-corrected chi connectivity index (χ0v) is 36.0. The molecule has 0 saturated heterocycles. The van der Waals surface area contributed by atoms with Crippen LogP contribution in [0.2, 0.25) is 0 Å². The molecule has 0 N–H and O–H groups in total. The van der Waals surface area contributed by atoms with E-state index in [0.29, 0.717) is 0 Å². The average Bonchev–Trinajstić information content (AvgIpc) is 4.08. The van der Waals surface area contributed by atoms with Crippen molar-refractivity contribution in [3.63, 3.8) is 0 Å². The Kier molecular flexibility index (Phi) is 7.35. The summed E-state index contributed by atoms with van der Waals surface area (Å²) < 4.78 is 5.36. The summed E-state index contributed by atoms with van der Waals surface area (Å²) in [5.41, 5.74) is 17.6. The number of thiophene rings is 2. The standard InChI is InChI=1S/C60H37NS2/c1-36-15-5-12-24-51(36)61(41-30-29-39-33-38(27-28-40(39)34-41)37-16-3-2-4-17-37)52-35-50-57(59-55(52)46-21-9-14-26-54(46)63-59)56-49(32-31-45-44-20-8-13-25-53(44)62-58(45)56)60(50)47-22-10-6-18-42(47)43-19-7-11-23-48(43)60/h2-35H,1H3. The van der Waals surface area contributed by atoms with E-state index in [2.05, 4.69) is 218 Å². The Hall–Kier alpha value is -7.30. The fraction of sp³-hybridized carbons (Fsp3) is 0.0333. The van der Waals surface area contributed by atoms with Crippen molar-refractivity contribution in [1.82, 2.24) is 0 Å². The third-order valence-electron chi connectivity index (χ3n) is 14.0. The number of nitrogens with zero attached hydrogens (tertiary/aromatic N) is 1. The van der Waals surface area contributed by atoms with Crippen LogP contribution in [0.25, 0.3) is 84.5 Å². The second kappa shape index (κ2) is 13.1. The van der Waals surface area contributed by atoms with Crippen molar-refractivity contribution in [2.24, 2.45) is 0 Å². The minimum Gasteiger partial charge on any atom is -0.310 e. The number of hydrogen-bond donors (Lipinski definition) is 0. The topological polar surface area (TPSA) is 3.24 Å². The lowest BCUT2D eigenvalue weighted by atomic mass is 9.70. The lowest BCUT2D eigenvalue weighted by molar-refractivity contribution is 0.795. The predicted molar refractivity (Wildman–Crippen MR) is 271 cm³/mol. The first-order valence-electron chi connectivity index (χ1n) is 21.7. The average molecular weight is 836 g/mol. The smallest absolute Gasteiger partial charge is 0.0727 e. The van der Waals surface area contributed by atoms with Crippen LogP contribution in [0.5, 0.6) is 0 Å². The van der Waals surface area contributed by atoms with Crippen molar-refractivity contribution in [2.75, 3.05) is 4.90 Å². The van der Waals surface area contributed by atoms with Crippen LogP contribution in [0.4, 0.5) is 17.1 Å². The van der Waals surface area contributed by atoms with E-state index < -0.39 is 5.41 Å². The molecule has 0 amide bonds. The van der Waals surface area contributed by atoms with E-state index in [4.69, 9.17) is 0 Å². The highest BCUT2D eigenvalue weighted by molar-refractivity contribution is 7.27. The van der Waals surface area contributed by atoms with E-state index in [-0.39, 0.29) is 0 Å². The van der Waals surface area contributed by atoms with E-state index >= 15 is 0 Å². The Morgan fingerprint density at radius 2 is 1.02 bits per heavy atom. The van der Waals surface area contributed by atoms with Crippen LogP contribution < -0.4 is 4.90 Å². The number of aryl methyl sites for hydroxylation is 1. The molecule has 294 valence electrons. The predicted octanol–water partition coefficient (Wildman–Crippen LogP) is 17.4. The van der Waals surface area contributed by atoms with Crippen LogP contribution in [0.1, 0.15) is 27.8 Å². The van der Waals surface area contributed by atoms with E-state index in [1.165, 1.54) is 124 Å². The molecule has 0 unspecified atom stereocenters. The van der Waals surface area contributed by atoms with Gasteiger partial charge < -0.3 is 4.90 Å². The highest BCUT2D eigenvalue weighted by Crippen LogP contribution is 2.67. The monoisotopic (exact) mass is 835 g/mol. The van der Waals surface area contributed by atoms with Crippen LogP contribution in [0, 0.1) is 6.92 Å². The SMILES string of the molecule is Cc1ccccc1N(c1ccc2cc(-c3ccccc3)ccc2c1)c1cc2c(c3sc4ccccc4c13)-c1c(ccc3c1sc1ccccc13)C21c2ccccc2-c2ccccc21. The van der Waals surface area contributed by atoms with E-state index in [9.17, 15) is 0 Å². The molecule has 1 nitrogen and oxygen atoms in total. The minimum absolute atomic E-state index is 0.518. The Bertz CT molecular complexity index is 3840. The van der Waals surface area contributed by atoms with Gasteiger partial charge in [0.05, 0.1) is 11.1 Å². The van der Waals surface area contributed by atoms with Gasteiger partial charge in [-0.3, -0.25) is 0 Å². The number of fused-ring (bicyclic) bond motifs is 19. The van der Waals surface area contributed by atoms with Crippen molar-refractivity contribution in [3.05, 3.63) is 234 Å². The summed E-state index contributed by atoms with van der Waals surface area (Å²) in [6.45, 7) is 2.25. The molecule has 0 bridgehead atoms. The molecule has 0 aliphatic heterocycles. The molecule has 2 aliphatic rings. The molecule has 12 aromatic rings. The van der Waals surface area contributed by atoms with Crippen LogP contribution >= 0.6 is 22.7 Å². The molecule has 0 saturated carbocycles. The maximum absolute atomic E-state index is 2.62. The molecule has 0 radical (unpaired) electrons. The van der Waals surface area contributed by atoms with Gasteiger partial charge in [0, 0.05) is 62.8 Å². The van der Waals surface area contributed by atoms with Gasteiger partial charge >= 0.3 is 0 Å². The molecule has 63 heavy (non-hydrogen) atoms. The lowest BCUT2D eigenvalue weighted by Crippen LogP contribution is -2.26. The normalized spacial score (nSPS) is 13.3. The maximum Gasteiger partial charge on any atom is 0.0727 e. The second-order valence-corrected chi connectivity index (χ2v) is 19.3. The summed E-state index contributed by atoms with van der Waals surface area (Å²) in [5, 5.41) is 7.71. The van der Waals surface area contributed by atoms with Gasteiger partial charge in [0.2, 0.25) is 0 Å². The van der Waals surface area contributed by atoms with E-state index in [0.717, 1.165) is 5.69 Å². The quantitative estimate of drug-likeness (QED) is 0.171. The molecule has 2 aromatic heterocycles. The van der Waals surface area contributed by atoms with Gasteiger partial charge in [-0.2, -0.15) is 0 Å². The van der Waals surface area contributed by atoms with Crippen molar-refractivity contribution >= 4 is 90.9 Å². The molecule has 10 aromatic carbocycles. The van der Waals surface area contributed by atoms with Crippen LogP contribution in [-0.2, 0) is 5.41 Å². The first-order valence-corrected chi connectivity index (χ1v) is 23.4. The molecule has 1 spiro atoms. The van der Waals surface area contributed by atoms with Crippen LogP contribution in [-0.4, -0.2) is 0 Å². The van der Waals surface area contributed by atoms with Gasteiger partial charge in [0.25, 0.3) is 0 Å². The number of rotatable bonds is 4. The molecule has 14 rings (SSSR count). The van der Waals surface area contributed by atoms with Gasteiger partial charge in [-0.15, -0.1) is 22.7 Å². The van der Waals surface area contributed by atoms with Gasteiger partial charge in [-0.1, -0.05) is 164 Å². The van der Waals surface area contributed by atoms with Gasteiger partial charge in [0.15, 0.2) is 0 Å². The van der Waals surface area contributed by atoms with Crippen LogP contribution in [0.15, 0.2) is 206 Å². The van der Waals surface area contributed by atoms with Crippen molar-refractivity contribution in [2.45, 2.75) is 12.3 Å². The van der Waals surface area contributed by atoms with Crippen molar-refractivity contribution in [3.8, 4) is 33.4 Å². The number of anilines is 3. The molecule has 0 atom stereocenters. The van der Waals surface area contributed by atoms with Gasteiger partial charge in [-0.25, -0.2) is 0 Å². The summed E-state index contributed by atoms with van der Waals surface area (Å²) in [5.74, 6) is 0. The largest absolute Gasteiger partial charge is 0.310 e. The third kappa shape index (κ3) is 4.76. The van der Waals surface area contributed by atoms with Crippen molar-refractivity contribution in [1.29, 1.82) is 0 Å². The Morgan fingerprint density at radius 3 is 1.81 bits per heavy atom. The fourth-order valence-corrected chi connectivity index (χ4v) is 13.8. The first-order chi connectivity index (χ1) is 31.2. The van der Waals surface area contributed by atoms with E-state index in [1.807, 2.05) is 22.7 Å². The summed E-state index contributed by atoms with van der Waals surface area (Å²) in [6, 6.07) is 77.5.